The van der Waals surface area contributed by atoms with Crippen LogP contribution in [0.5, 0.6) is 0 Å². The largest absolute Gasteiger partial charge is 0.465 e. The number of halogens is 2. The molecule has 0 N–H and O–H groups in total. The number of esters is 1. The molecule has 24 heavy (non-hydrogen) atoms. The zero-order valence-corrected chi connectivity index (χ0v) is 12.4. The molecule has 0 amide bonds. The van der Waals surface area contributed by atoms with Crippen molar-refractivity contribution >= 4 is 17.4 Å². The predicted molar refractivity (Wildman–Crippen MR) is 78.8 cm³/mol. The first-order valence-corrected chi connectivity index (χ1v) is 6.67. The number of hydrogen-bond donors (Lipinski definition) is 0. The van der Waals surface area contributed by atoms with Gasteiger partial charge in [-0.05, 0) is 23.8 Å². The lowest BCUT2D eigenvalue weighted by Crippen LogP contribution is -2.15. The molecule has 0 atom stereocenters. The van der Waals surface area contributed by atoms with Crippen LogP contribution in [0.3, 0.4) is 0 Å². The number of rotatable bonds is 5. The first kappa shape index (κ1) is 17.2. The maximum atomic E-state index is 13.5. The van der Waals surface area contributed by atoms with Crippen molar-refractivity contribution in [2.75, 3.05) is 7.11 Å². The number of benzene rings is 2. The van der Waals surface area contributed by atoms with Crippen LogP contribution in [0.2, 0.25) is 0 Å². The Balaban J connectivity index is 2.53. The highest BCUT2D eigenvalue weighted by Crippen LogP contribution is 2.26. The molecule has 0 saturated carbocycles. The van der Waals surface area contributed by atoms with Crippen LogP contribution in [-0.2, 0) is 11.2 Å². The van der Waals surface area contributed by atoms with E-state index in [9.17, 15) is 28.5 Å². The number of carbonyl (C=O) groups is 2. The van der Waals surface area contributed by atoms with Crippen LogP contribution in [0.15, 0.2) is 36.4 Å². The van der Waals surface area contributed by atoms with E-state index in [1.807, 2.05) is 0 Å². The van der Waals surface area contributed by atoms with Crippen LogP contribution in [0, 0.1) is 21.7 Å². The first-order chi connectivity index (χ1) is 11.3. The molecular formula is C16H11F2NO5. The fraction of sp³-hybridized carbons (Fsp3) is 0.125. The lowest BCUT2D eigenvalue weighted by atomic mass is 9.96. The molecule has 0 unspecified atom stereocenters. The zero-order chi connectivity index (χ0) is 17.9. The van der Waals surface area contributed by atoms with E-state index >= 15 is 0 Å². The minimum absolute atomic E-state index is 0.323. The molecular weight excluding hydrogens is 324 g/mol. The number of nitro groups is 1. The Morgan fingerprint density at radius 1 is 1.12 bits per heavy atom. The topological polar surface area (TPSA) is 86.5 Å². The number of ketones is 1. The van der Waals surface area contributed by atoms with Gasteiger partial charge in [-0.15, -0.1) is 0 Å². The van der Waals surface area contributed by atoms with Crippen molar-refractivity contribution in [3.63, 3.8) is 0 Å². The SMILES string of the molecule is COC(=O)c1cc(F)cc([N+](=O)[O-])c1C(=O)Cc1ccc(F)cc1. The highest BCUT2D eigenvalue weighted by atomic mass is 19.1. The molecule has 0 saturated heterocycles. The molecule has 0 spiro atoms. The van der Waals surface area contributed by atoms with Crippen molar-refractivity contribution in [1.82, 2.24) is 0 Å². The highest BCUT2D eigenvalue weighted by molar-refractivity contribution is 6.09. The smallest absolute Gasteiger partial charge is 0.338 e. The van der Waals surface area contributed by atoms with Crippen LogP contribution in [0.25, 0.3) is 0 Å². The molecule has 6 nitrogen and oxygen atoms in total. The molecule has 0 aromatic heterocycles. The van der Waals surface area contributed by atoms with E-state index < -0.39 is 45.1 Å². The van der Waals surface area contributed by atoms with E-state index in [1.165, 1.54) is 12.1 Å². The standard InChI is InChI=1S/C16H11F2NO5/c1-24-16(21)12-7-11(18)8-13(19(22)23)15(12)14(20)6-9-2-4-10(17)5-3-9/h2-5,7-8H,6H2,1H3. The average molecular weight is 335 g/mol. The van der Waals surface area contributed by atoms with Gasteiger partial charge in [0.15, 0.2) is 5.78 Å². The Morgan fingerprint density at radius 3 is 2.29 bits per heavy atom. The summed E-state index contributed by atoms with van der Waals surface area (Å²) in [6, 6.07) is 6.19. The Morgan fingerprint density at radius 2 is 1.75 bits per heavy atom. The van der Waals surface area contributed by atoms with Gasteiger partial charge in [-0.25, -0.2) is 13.6 Å². The fourth-order valence-electron chi connectivity index (χ4n) is 2.18. The third-order valence-electron chi connectivity index (χ3n) is 3.24. The van der Waals surface area contributed by atoms with Crippen molar-refractivity contribution < 1.29 is 28.0 Å². The minimum Gasteiger partial charge on any atom is -0.465 e. The average Bonchev–Trinajstić information content (AvgIpc) is 2.55. The monoisotopic (exact) mass is 335 g/mol. The summed E-state index contributed by atoms with van der Waals surface area (Å²) in [6.07, 6.45) is -0.323. The van der Waals surface area contributed by atoms with Crippen LogP contribution in [0.4, 0.5) is 14.5 Å². The molecule has 0 aliphatic carbocycles. The molecule has 0 aliphatic rings. The van der Waals surface area contributed by atoms with E-state index in [1.54, 1.807) is 0 Å². The summed E-state index contributed by atoms with van der Waals surface area (Å²) in [5, 5.41) is 11.1. The second-order valence-corrected chi connectivity index (χ2v) is 4.82. The summed E-state index contributed by atoms with van der Waals surface area (Å²) in [4.78, 5) is 34.4. The molecule has 2 aromatic carbocycles. The van der Waals surface area contributed by atoms with Gasteiger partial charge in [-0.3, -0.25) is 14.9 Å². The lowest BCUT2D eigenvalue weighted by molar-refractivity contribution is -0.385. The number of carbonyl (C=O) groups excluding carboxylic acids is 2. The molecule has 2 rings (SSSR count). The number of ether oxygens (including phenoxy) is 1. The lowest BCUT2D eigenvalue weighted by Gasteiger charge is -2.08. The first-order valence-electron chi connectivity index (χ1n) is 6.67. The quantitative estimate of drug-likeness (QED) is 0.363. The summed E-state index contributed by atoms with van der Waals surface area (Å²) in [6.45, 7) is 0. The Hall–Kier alpha value is -3.16. The van der Waals surface area contributed by atoms with Gasteiger partial charge in [-0.2, -0.15) is 0 Å². The molecule has 0 aliphatic heterocycles. The van der Waals surface area contributed by atoms with E-state index in [0.717, 1.165) is 19.2 Å². The minimum atomic E-state index is -1.07. The zero-order valence-electron chi connectivity index (χ0n) is 12.4. The number of Topliss-reactive ketones (excluding diaryl/α,β-unsaturated/α-hetero) is 1. The van der Waals surface area contributed by atoms with Crippen molar-refractivity contribution in [2.24, 2.45) is 0 Å². The number of nitrogens with zero attached hydrogens (tertiary/aromatic N) is 1. The summed E-state index contributed by atoms with van der Waals surface area (Å²) < 4.78 is 30.9. The molecule has 2 aromatic rings. The van der Waals surface area contributed by atoms with E-state index in [-0.39, 0.29) is 6.42 Å². The van der Waals surface area contributed by atoms with Crippen LogP contribution in [0.1, 0.15) is 26.3 Å². The second kappa shape index (κ2) is 6.95. The van der Waals surface area contributed by atoms with Gasteiger partial charge < -0.3 is 4.74 Å². The van der Waals surface area contributed by atoms with Crippen molar-refractivity contribution in [3.8, 4) is 0 Å². The number of methoxy groups -OCH3 is 1. The third kappa shape index (κ3) is 3.60. The molecule has 0 bridgehead atoms. The van der Waals surface area contributed by atoms with E-state index in [4.69, 9.17) is 0 Å². The molecule has 124 valence electrons. The van der Waals surface area contributed by atoms with Crippen LogP contribution < -0.4 is 0 Å². The summed E-state index contributed by atoms with van der Waals surface area (Å²) in [5.41, 5.74) is -1.52. The fourth-order valence-corrected chi connectivity index (χ4v) is 2.18. The van der Waals surface area contributed by atoms with Gasteiger partial charge in [0.05, 0.1) is 23.7 Å². The summed E-state index contributed by atoms with van der Waals surface area (Å²) >= 11 is 0. The maximum absolute atomic E-state index is 13.5. The van der Waals surface area contributed by atoms with Crippen molar-refractivity contribution in [3.05, 3.63) is 74.8 Å². The van der Waals surface area contributed by atoms with Gasteiger partial charge in [0, 0.05) is 6.42 Å². The maximum Gasteiger partial charge on any atom is 0.338 e. The van der Waals surface area contributed by atoms with Crippen LogP contribution >= 0.6 is 0 Å². The Bertz CT molecular complexity index is 818. The van der Waals surface area contributed by atoms with Gasteiger partial charge in [-0.1, -0.05) is 12.1 Å². The number of nitro benzene ring substituents is 1. The number of hydrogen-bond acceptors (Lipinski definition) is 5. The predicted octanol–water partition coefficient (Wildman–Crippen LogP) is 3.09. The van der Waals surface area contributed by atoms with Crippen molar-refractivity contribution in [2.45, 2.75) is 6.42 Å². The molecule has 8 heteroatoms. The Labute approximate surface area is 134 Å². The molecule has 0 radical (unpaired) electrons. The summed E-state index contributed by atoms with van der Waals surface area (Å²) in [7, 11) is 1.01. The molecule has 0 heterocycles. The van der Waals surface area contributed by atoms with Gasteiger partial charge in [0.1, 0.15) is 17.2 Å². The molecule has 0 fully saturated rings. The second-order valence-electron chi connectivity index (χ2n) is 4.82. The van der Waals surface area contributed by atoms with Crippen LogP contribution in [-0.4, -0.2) is 23.8 Å². The van der Waals surface area contributed by atoms with Gasteiger partial charge in [0.25, 0.3) is 5.69 Å². The normalized spacial score (nSPS) is 10.3. The highest BCUT2D eigenvalue weighted by Gasteiger charge is 2.29. The third-order valence-corrected chi connectivity index (χ3v) is 3.24. The summed E-state index contributed by atoms with van der Waals surface area (Å²) in [5.74, 6) is -3.40. The van der Waals surface area contributed by atoms with Crippen molar-refractivity contribution in [1.29, 1.82) is 0 Å². The van der Waals surface area contributed by atoms with Gasteiger partial charge >= 0.3 is 5.97 Å². The Kier molecular flexibility index (Phi) is 4.98. The van der Waals surface area contributed by atoms with E-state index in [0.29, 0.717) is 17.7 Å². The van der Waals surface area contributed by atoms with Gasteiger partial charge in [0.2, 0.25) is 0 Å². The van der Waals surface area contributed by atoms with E-state index in [2.05, 4.69) is 4.74 Å².